The molecule has 12 heavy (non-hydrogen) atoms. The molecule has 0 saturated heterocycles. The van der Waals surface area contributed by atoms with E-state index in [0.717, 1.165) is 6.42 Å². The second kappa shape index (κ2) is 5.40. The van der Waals surface area contributed by atoms with Gasteiger partial charge in [-0.2, -0.15) is 0 Å². The van der Waals surface area contributed by atoms with Gasteiger partial charge >= 0.3 is 6.09 Å². The van der Waals surface area contributed by atoms with Crippen LogP contribution in [0.2, 0.25) is 0 Å². The third-order valence-corrected chi connectivity index (χ3v) is 1.37. The zero-order chi connectivity index (χ0) is 9.56. The van der Waals surface area contributed by atoms with Crippen LogP contribution in [-0.4, -0.2) is 25.2 Å². The average molecular weight is 173 g/mol. The first-order valence-electron chi connectivity index (χ1n) is 3.78. The SMILES string of the molecule is CCC(C)N=C(N)NC(=O)OC. The highest BCUT2D eigenvalue weighted by molar-refractivity contribution is 5.92. The van der Waals surface area contributed by atoms with Crippen molar-refractivity contribution in [2.45, 2.75) is 26.3 Å². The number of hydrogen-bond acceptors (Lipinski definition) is 3. The van der Waals surface area contributed by atoms with Crippen LogP contribution in [0.4, 0.5) is 4.79 Å². The summed E-state index contributed by atoms with van der Waals surface area (Å²) in [7, 11) is 1.27. The molecule has 0 bridgehead atoms. The number of methoxy groups -OCH3 is 1. The number of nitrogens with two attached hydrogens (primary N) is 1. The molecule has 1 unspecified atom stereocenters. The summed E-state index contributed by atoms with van der Waals surface area (Å²) in [6.07, 6.45) is 0.281. The molecule has 5 heteroatoms. The van der Waals surface area contributed by atoms with Gasteiger partial charge in [0.2, 0.25) is 0 Å². The summed E-state index contributed by atoms with van der Waals surface area (Å²) < 4.78 is 4.33. The highest BCUT2D eigenvalue weighted by Crippen LogP contribution is 1.93. The maximum atomic E-state index is 10.6. The van der Waals surface area contributed by atoms with E-state index >= 15 is 0 Å². The topological polar surface area (TPSA) is 76.7 Å². The Morgan fingerprint density at radius 3 is 2.75 bits per heavy atom. The molecule has 0 radical (unpaired) electrons. The Hall–Kier alpha value is -1.26. The Bertz CT molecular complexity index is 179. The van der Waals surface area contributed by atoms with Gasteiger partial charge < -0.3 is 10.5 Å². The van der Waals surface area contributed by atoms with Gasteiger partial charge in [-0.05, 0) is 13.3 Å². The van der Waals surface area contributed by atoms with Gasteiger partial charge in [0.1, 0.15) is 0 Å². The third-order valence-electron chi connectivity index (χ3n) is 1.37. The van der Waals surface area contributed by atoms with Crippen LogP contribution in [0.3, 0.4) is 0 Å². The predicted molar refractivity (Wildman–Crippen MR) is 46.9 cm³/mol. The molecule has 0 aromatic carbocycles. The first kappa shape index (κ1) is 10.7. The Morgan fingerprint density at radius 2 is 2.33 bits per heavy atom. The normalized spacial score (nSPS) is 13.8. The Morgan fingerprint density at radius 1 is 1.75 bits per heavy atom. The van der Waals surface area contributed by atoms with Crippen molar-refractivity contribution in [1.29, 1.82) is 0 Å². The van der Waals surface area contributed by atoms with E-state index < -0.39 is 6.09 Å². The van der Waals surface area contributed by atoms with Gasteiger partial charge in [-0.25, -0.2) is 9.79 Å². The Labute approximate surface area is 72.0 Å². The lowest BCUT2D eigenvalue weighted by Crippen LogP contribution is -2.37. The number of hydrogen-bond donors (Lipinski definition) is 2. The van der Waals surface area contributed by atoms with Crippen molar-refractivity contribution in [3.8, 4) is 0 Å². The molecule has 1 atom stereocenters. The average Bonchev–Trinajstić information content (AvgIpc) is 2.03. The largest absolute Gasteiger partial charge is 0.453 e. The van der Waals surface area contributed by atoms with E-state index in [4.69, 9.17) is 5.73 Å². The number of rotatable bonds is 2. The van der Waals surface area contributed by atoms with E-state index in [1.165, 1.54) is 7.11 Å². The minimum atomic E-state index is -0.598. The number of ether oxygens (including phenoxy) is 1. The lowest BCUT2D eigenvalue weighted by atomic mass is 10.3. The zero-order valence-electron chi connectivity index (χ0n) is 7.63. The number of carbonyl (C=O) groups excluding carboxylic acids is 1. The van der Waals surface area contributed by atoms with Crippen LogP contribution >= 0.6 is 0 Å². The summed E-state index contributed by atoms with van der Waals surface area (Å²) in [5.74, 6) is 0.0937. The van der Waals surface area contributed by atoms with E-state index in [1.54, 1.807) is 0 Å². The summed E-state index contributed by atoms with van der Waals surface area (Å²) in [5.41, 5.74) is 5.36. The minimum absolute atomic E-state index is 0.0937. The van der Waals surface area contributed by atoms with Crippen molar-refractivity contribution < 1.29 is 9.53 Å². The quantitative estimate of drug-likeness (QED) is 0.470. The number of carbonyl (C=O) groups is 1. The van der Waals surface area contributed by atoms with E-state index in [1.807, 2.05) is 13.8 Å². The lowest BCUT2D eigenvalue weighted by Gasteiger charge is -2.05. The van der Waals surface area contributed by atoms with Gasteiger partial charge in [0.15, 0.2) is 5.96 Å². The maximum absolute atomic E-state index is 10.6. The summed E-state index contributed by atoms with van der Waals surface area (Å²) in [6, 6.07) is 0.113. The van der Waals surface area contributed by atoms with Crippen LogP contribution in [-0.2, 0) is 4.74 Å². The number of amides is 1. The second-order valence-corrected chi connectivity index (χ2v) is 2.39. The number of nitrogens with zero attached hydrogens (tertiary/aromatic N) is 1. The van der Waals surface area contributed by atoms with E-state index in [2.05, 4.69) is 15.0 Å². The maximum Gasteiger partial charge on any atom is 0.413 e. The smallest absolute Gasteiger partial charge is 0.413 e. The molecule has 0 aromatic rings. The fraction of sp³-hybridized carbons (Fsp3) is 0.714. The highest BCUT2D eigenvalue weighted by Gasteiger charge is 2.01. The molecule has 1 amide bonds. The third kappa shape index (κ3) is 4.54. The predicted octanol–water partition coefficient (Wildman–Crippen LogP) is 0.456. The van der Waals surface area contributed by atoms with Crippen molar-refractivity contribution >= 4 is 12.1 Å². The van der Waals surface area contributed by atoms with Crippen LogP contribution in [0.1, 0.15) is 20.3 Å². The summed E-state index contributed by atoms with van der Waals surface area (Å²) in [5, 5.41) is 2.26. The lowest BCUT2D eigenvalue weighted by molar-refractivity contribution is 0.176. The fourth-order valence-corrected chi connectivity index (χ4v) is 0.517. The number of alkyl carbamates (subject to hydrolysis) is 1. The van der Waals surface area contributed by atoms with Gasteiger partial charge in [-0.15, -0.1) is 0 Å². The van der Waals surface area contributed by atoms with Crippen LogP contribution in [0.15, 0.2) is 4.99 Å². The van der Waals surface area contributed by atoms with Crippen LogP contribution in [0.25, 0.3) is 0 Å². The number of guanidine groups is 1. The molecular weight excluding hydrogens is 158 g/mol. The van der Waals surface area contributed by atoms with Gasteiger partial charge in [0, 0.05) is 0 Å². The van der Waals surface area contributed by atoms with Gasteiger partial charge in [0.05, 0.1) is 13.2 Å². The molecule has 0 rings (SSSR count). The zero-order valence-corrected chi connectivity index (χ0v) is 7.63. The molecule has 0 saturated carbocycles. The highest BCUT2D eigenvalue weighted by atomic mass is 16.5. The number of nitrogens with one attached hydrogen (secondary N) is 1. The van der Waals surface area contributed by atoms with Crippen LogP contribution < -0.4 is 11.1 Å². The molecule has 70 valence electrons. The van der Waals surface area contributed by atoms with E-state index in [-0.39, 0.29) is 12.0 Å². The van der Waals surface area contributed by atoms with E-state index in [9.17, 15) is 4.79 Å². The summed E-state index contributed by atoms with van der Waals surface area (Å²) in [6.45, 7) is 3.89. The first-order chi connectivity index (χ1) is 5.60. The van der Waals surface area contributed by atoms with Crippen molar-refractivity contribution in [1.82, 2.24) is 5.32 Å². The molecule has 0 aromatic heterocycles. The van der Waals surface area contributed by atoms with E-state index in [0.29, 0.717) is 0 Å². The second-order valence-electron chi connectivity index (χ2n) is 2.39. The van der Waals surface area contributed by atoms with Crippen molar-refractivity contribution in [3.63, 3.8) is 0 Å². The number of aliphatic imine (C=N–C) groups is 1. The molecule has 3 N–H and O–H groups in total. The molecule has 0 fully saturated rings. The summed E-state index contributed by atoms with van der Waals surface area (Å²) in [4.78, 5) is 14.6. The van der Waals surface area contributed by atoms with Gasteiger partial charge in [-0.3, -0.25) is 5.32 Å². The van der Waals surface area contributed by atoms with Crippen molar-refractivity contribution in [2.75, 3.05) is 7.11 Å². The van der Waals surface area contributed by atoms with Crippen molar-refractivity contribution in [3.05, 3.63) is 0 Å². The fourth-order valence-electron chi connectivity index (χ4n) is 0.517. The first-order valence-corrected chi connectivity index (χ1v) is 3.78. The van der Waals surface area contributed by atoms with Gasteiger partial charge in [-0.1, -0.05) is 6.92 Å². The van der Waals surface area contributed by atoms with Crippen LogP contribution in [0, 0.1) is 0 Å². The summed E-state index contributed by atoms with van der Waals surface area (Å²) >= 11 is 0. The van der Waals surface area contributed by atoms with Crippen molar-refractivity contribution in [2.24, 2.45) is 10.7 Å². The minimum Gasteiger partial charge on any atom is -0.453 e. The molecule has 0 aliphatic heterocycles. The monoisotopic (exact) mass is 173 g/mol. The Kier molecular flexibility index (Phi) is 4.83. The molecule has 0 spiro atoms. The molecular formula is C7H15N3O2. The molecule has 0 aliphatic carbocycles. The standard InChI is InChI=1S/C7H15N3O2/c1-4-5(2)9-6(8)10-7(11)12-3/h5H,4H2,1-3H3,(H3,8,9,10,11). The molecule has 0 aliphatic rings. The molecule has 5 nitrogen and oxygen atoms in total. The van der Waals surface area contributed by atoms with Gasteiger partial charge in [0.25, 0.3) is 0 Å². The van der Waals surface area contributed by atoms with Crippen LogP contribution in [0.5, 0.6) is 0 Å². The molecule has 0 heterocycles. The Balaban J connectivity index is 3.93.